The third-order valence-corrected chi connectivity index (χ3v) is 4.85. The molecule has 136 valence electrons. The Hall–Kier alpha value is -2.15. The summed E-state index contributed by atoms with van der Waals surface area (Å²) in [5.74, 6) is -0.955. The SMILES string of the molecule is [B]N1C(=O)/C(=C/c2ccc(N(CC)CC)cc2)C(=O)N(CCCC)C1=S. The van der Waals surface area contributed by atoms with E-state index in [4.69, 9.17) is 20.2 Å². The molecule has 0 bridgehead atoms. The number of amides is 2. The maximum Gasteiger partial charge on any atom is 0.265 e. The Labute approximate surface area is 162 Å². The lowest BCUT2D eigenvalue weighted by molar-refractivity contribution is -0.131. The second-order valence-corrected chi connectivity index (χ2v) is 6.46. The number of anilines is 1. The molecule has 1 aromatic carbocycles. The van der Waals surface area contributed by atoms with Gasteiger partial charge >= 0.3 is 0 Å². The Morgan fingerprint density at radius 2 is 1.69 bits per heavy atom. The van der Waals surface area contributed by atoms with E-state index in [1.54, 1.807) is 6.08 Å². The molecule has 2 rings (SSSR count). The Morgan fingerprint density at radius 3 is 2.23 bits per heavy atom. The summed E-state index contributed by atoms with van der Waals surface area (Å²) < 4.78 is 0. The molecule has 1 fully saturated rings. The zero-order chi connectivity index (χ0) is 19.3. The van der Waals surface area contributed by atoms with Crippen molar-refractivity contribution >= 4 is 48.9 Å². The van der Waals surface area contributed by atoms with E-state index >= 15 is 0 Å². The maximum absolute atomic E-state index is 12.7. The number of rotatable bonds is 7. The summed E-state index contributed by atoms with van der Waals surface area (Å²) >= 11 is 5.16. The quantitative estimate of drug-likeness (QED) is 0.321. The average Bonchev–Trinajstić information content (AvgIpc) is 2.66. The summed E-state index contributed by atoms with van der Waals surface area (Å²) in [6, 6.07) is 7.75. The number of benzene rings is 1. The zero-order valence-electron chi connectivity index (χ0n) is 15.6. The van der Waals surface area contributed by atoms with Crippen molar-refractivity contribution in [3.63, 3.8) is 0 Å². The van der Waals surface area contributed by atoms with Crippen LogP contribution in [-0.2, 0) is 9.59 Å². The smallest absolute Gasteiger partial charge is 0.265 e. The van der Waals surface area contributed by atoms with Gasteiger partial charge in [-0.15, -0.1) is 0 Å². The highest BCUT2D eigenvalue weighted by Gasteiger charge is 2.36. The van der Waals surface area contributed by atoms with E-state index in [1.165, 1.54) is 4.90 Å². The minimum atomic E-state index is -0.569. The van der Waals surface area contributed by atoms with Crippen molar-refractivity contribution < 1.29 is 9.59 Å². The van der Waals surface area contributed by atoms with Crippen molar-refractivity contribution in [1.82, 2.24) is 9.71 Å². The van der Waals surface area contributed by atoms with Crippen LogP contribution in [0.4, 0.5) is 5.69 Å². The molecule has 0 unspecified atom stereocenters. The standard InChI is InChI=1S/C19H24BN3O2S/c1-4-7-12-22-17(24)16(18(25)23(20)19(22)26)13-14-8-10-15(11-9-14)21(5-2)6-3/h8-11,13H,4-7,12H2,1-3H3/b16-13+. The van der Waals surface area contributed by atoms with Crippen LogP contribution in [0.1, 0.15) is 39.2 Å². The van der Waals surface area contributed by atoms with E-state index < -0.39 is 5.91 Å². The van der Waals surface area contributed by atoms with Gasteiger partial charge in [0.15, 0.2) is 5.11 Å². The van der Waals surface area contributed by atoms with Crippen LogP contribution in [0.2, 0.25) is 0 Å². The molecule has 1 aliphatic rings. The van der Waals surface area contributed by atoms with Gasteiger partial charge in [-0.3, -0.25) is 14.5 Å². The fourth-order valence-corrected chi connectivity index (χ4v) is 3.10. The molecule has 2 radical (unpaired) electrons. The first-order valence-electron chi connectivity index (χ1n) is 8.96. The molecule has 1 saturated heterocycles. The topological polar surface area (TPSA) is 43.9 Å². The van der Waals surface area contributed by atoms with Gasteiger partial charge in [0, 0.05) is 25.3 Å². The summed E-state index contributed by atoms with van der Waals surface area (Å²) in [6.07, 6.45) is 3.29. The monoisotopic (exact) mass is 369 g/mol. The van der Waals surface area contributed by atoms with Crippen molar-refractivity contribution in [3.05, 3.63) is 35.4 Å². The van der Waals surface area contributed by atoms with Gasteiger partial charge in [-0.1, -0.05) is 25.5 Å². The summed E-state index contributed by atoms with van der Waals surface area (Å²) in [4.78, 5) is 29.7. The van der Waals surface area contributed by atoms with Gasteiger partial charge in [0.1, 0.15) is 5.57 Å². The lowest BCUT2D eigenvalue weighted by Crippen LogP contribution is -2.55. The number of carbonyl (C=O) groups excluding carboxylic acids is 2. The number of nitrogens with zero attached hydrogens (tertiary/aromatic N) is 3. The highest BCUT2D eigenvalue weighted by Crippen LogP contribution is 2.21. The Kier molecular flexibility index (Phi) is 6.97. The third-order valence-electron chi connectivity index (χ3n) is 4.43. The first kappa shape index (κ1) is 20.2. The summed E-state index contributed by atoms with van der Waals surface area (Å²) in [7, 11) is 5.79. The van der Waals surface area contributed by atoms with Crippen LogP contribution in [0, 0.1) is 0 Å². The highest BCUT2D eigenvalue weighted by atomic mass is 32.1. The van der Waals surface area contributed by atoms with Crippen molar-refractivity contribution in [1.29, 1.82) is 0 Å². The van der Waals surface area contributed by atoms with Crippen LogP contribution < -0.4 is 4.90 Å². The van der Waals surface area contributed by atoms with Gasteiger partial charge in [0.25, 0.3) is 11.8 Å². The molecule has 1 aromatic rings. The fourth-order valence-electron chi connectivity index (χ4n) is 2.84. The van der Waals surface area contributed by atoms with Crippen molar-refractivity contribution in [2.24, 2.45) is 0 Å². The molecule has 1 heterocycles. The molecule has 0 saturated carbocycles. The van der Waals surface area contributed by atoms with Crippen LogP contribution in [0.3, 0.4) is 0 Å². The van der Waals surface area contributed by atoms with Crippen LogP contribution >= 0.6 is 12.2 Å². The van der Waals surface area contributed by atoms with Crippen molar-refractivity contribution in [2.75, 3.05) is 24.5 Å². The Balaban J connectivity index is 2.30. The lowest BCUT2D eigenvalue weighted by Gasteiger charge is -2.35. The van der Waals surface area contributed by atoms with E-state index in [1.807, 2.05) is 31.2 Å². The van der Waals surface area contributed by atoms with E-state index in [9.17, 15) is 9.59 Å². The number of carbonyl (C=O) groups is 2. The van der Waals surface area contributed by atoms with Gasteiger partial charge < -0.3 is 9.71 Å². The predicted molar refractivity (Wildman–Crippen MR) is 110 cm³/mol. The van der Waals surface area contributed by atoms with Crippen LogP contribution in [0.25, 0.3) is 6.08 Å². The van der Waals surface area contributed by atoms with E-state index in [0.717, 1.165) is 42.0 Å². The molecule has 26 heavy (non-hydrogen) atoms. The molecule has 7 heteroatoms. The lowest BCUT2D eigenvalue weighted by atomic mass is 10.0. The van der Waals surface area contributed by atoms with Crippen LogP contribution in [0.5, 0.6) is 0 Å². The molecule has 1 aliphatic heterocycles. The molecular formula is C19H24BN3O2S. The second kappa shape index (κ2) is 8.99. The molecular weight excluding hydrogens is 345 g/mol. The summed E-state index contributed by atoms with van der Waals surface area (Å²) in [5.41, 5.74) is 1.91. The Bertz CT molecular complexity index is 714. The maximum atomic E-state index is 12.7. The van der Waals surface area contributed by atoms with Gasteiger partial charge in [-0.05, 0) is 56.3 Å². The molecule has 5 nitrogen and oxygen atoms in total. The van der Waals surface area contributed by atoms with Crippen molar-refractivity contribution in [2.45, 2.75) is 33.6 Å². The molecule has 0 N–H and O–H groups in total. The second-order valence-electron chi connectivity index (χ2n) is 6.09. The van der Waals surface area contributed by atoms with Crippen LogP contribution in [-0.4, -0.2) is 54.3 Å². The zero-order valence-corrected chi connectivity index (χ0v) is 16.4. The molecule has 0 spiro atoms. The van der Waals surface area contributed by atoms with Gasteiger partial charge in [0.2, 0.25) is 7.98 Å². The minimum absolute atomic E-state index is 0.0350. The van der Waals surface area contributed by atoms with Gasteiger partial charge in [0.05, 0.1) is 0 Å². The van der Waals surface area contributed by atoms with Crippen LogP contribution in [0.15, 0.2) is 29.8 Å². The first-order chi connectivity index (χ1) is 12.4. The number of thiocarbonyl (C=S) groups is 1. The summed E-state index contributed by atoms with van der Waals surface area (Å²) in [5, 5.41) is 0.0579. The van der Waals surface area contributed by atoms with Gasteiger partial charge in [-0.25, -0.2) is 0 Å². The average molecular weight is 369 g/mol. The van der Waals surface area contributed by atoms with Crippen molar-refractivity contribution in [3.8, 4) is 0 Å². The Morgan fingerprint density at radius 1 is 1.08 bits per heavy atom. The summed E-state index contributed by atoms with van der Waals surface area (Å²) in [6.45, 7) is 8.51. The largest absolute Gasteiger partial charge is 0.372 e. The van der Waals surface area contributed by atoms with E-state index in [0.29, 0.717) is 6.54 Å². The van der Waals surface area contributed by atoms with E-state index in [2.05, 4.69) is 18.7 Å². The predicted octanol–water partition coefficient (Wildman–Crippen LogP) is 2.76. The molecule has 2 amide bonds. The van der Waals surface area contributed by atoms with E-state index in [-0.39, 0.29) is 16.6 Å². The molecule has 0 aromatic heterocycles. The van der Waals surface area contributed by atoms with Gasteiger partial charge in [-0.2, -0.15) is 0 Å². The number of hydrogen-bond donors (Lipinski definition) is 0. The fraction of sp³-hybridized carbons (Fsp3) is 0.421. The number of hydrogen-bond acceptors (Lipinski definition) is 4. The number of unbranched alkanes of at least 4 members (excludes halogenated alkanes) is 1. The highest BCUT2D eigenvalue weighted by molar-refractivity contribution is 7.80. The molecule has 0 aliphatic carbocycles. The molecule has 0 atom stereocenters. The third kappa shape index (κ3) is 4.15. The normalized spacial score (nSPS) is 16.6. The minimum Gasteiger partial charge on any atom is -0.372 e. The first-order valence-corrected chi connectivity index (χ1v) is 9.37.